The third-order valence-electron chi connectivity index (χ3n) is 4.82. The molecule has 25 heavy (non-hydrogen) atoms. The number of carbonyl (C=O) groups is 1. The number of nitrogens with one attached hydrogen (secondary N) is 2. The Kier molecular flexibility index (Phi) is 7.96. The summed E-state index contributed by atoms with van der Waals surface area (Å²) in [6, 6.07) is 0.796. The Balaban J connectivity index is 2.21. The summed E-state index contributed by atoms with van der Waals surface area (Å²) in [5, 5.41) is 12.7. The molecule has 1 aromatic rings. The van der Waals surface area contributed by atoms with Crippen LogP contribution in [0, 0.1) is 0 Å². The van der Waals surface area contributed by atoms with Gasteiger partial charge in [-0.3, -0.25) is 9.36 Å². The van der Waals surface area contributed by atoms with E-state index in [0.29, 0.717) is 24.4 Å². The van der Waals surface area contributed by atoms with E-state index < -0.39 is 0 Å². The van der Waals surface area contributed by atoms with Gasteiger partial charge in [-0.15, -0.1) is 16.8 Å². The molecule has 1 aliphatic rings. The largest absolute Gasteiger partial charge is 0.352 e. The lowest BCUT2D eigenvalue weighted by Crippen LogP contribution is -3.06. The van der Waals surface area contributed by atoms with E-state index in [1.165, 1.54) is 48.8 Å². The molecule has 1 aliphatic carbocycles. The van der Waals surface area contributed by atoms with Gasteiger partial charge in [-0.25, -0.2) is 0 Å². The molecule has 1 atom stereocenters. The van der Waals surface area contributed by atoms with E-state index in [4.69, 9.17) is 0 Å². The fourth-order valence-electron chi connectivity index (χ4n) is 3.52. The average Bonchev–Trinajstić information content (AvgIpc) is 3.02. The molecule has 1 saturated carbocycles. The van der Waals surface area contributed by atoms with Gasteiger partial charge in [0.15, 0.2) is 11.0 Å². The summed E-state index contributed by atoms with van der Waals surface area (Å²) < 4.78 is 2.34. The number of aromatic nitrogens is 3. The van der Waals surface area contributed by atoms with Gasteiger partial charge in [0.05, 0.1) is 19.8 Å². The van der Waals surface area contributed by atoms with Crippen molar-refractivity contribution in [2.75, 3.05) is 26.4 Å². The SMILES string of the molecule is C=CCNC(=O)CSc1nnc([C@@H](CC)[NH+](C)C)n1C1CCCCC1. The van der Waals surface area contributed by atoms with Crippen LogP contribution in [0.3, 0.4) is 0 Å². The van der Waals surface area contributed by atoms with E-state index in [1.807, 2.05) is 0 Å². The summed E-state index contributed by atoms with van der Waals surface area (Å²) in [4.78, 5) is 13.3. The molecule has 0 radical (unpaired) electrons. The number of carbonyl (C=O) groups excluding carboxylic acids is 1. The molecule has 0 aromatic carbocycles. The number of thioether (sulfide) groups is 1. The van der Waals surface area contributed by atoms with E-state index in [-0.39, 0.29) is 5.91 Å². The highest BCUT2D eigenvalue weighted by Crippen LogP contribution is 2.34. The van der Waals surface area contributed by atoms with Gasteiger partial charge >= 0.3 is 0 Å². The lowest BCUT2D eigenvalue weighted by atomic mass is 9.95. The highest BCUT2D eigenvalue weighted by atomic mass is 32.2. The van der Waals surface area contributed by atoms with Gasteiger partial charge in [0.1, 0.15) is 6.04 Å². The van der Waals surface area contributed by atoms with Crippen molar-refractivity contribution in [3.63, 3.8) is 0 Å². The van der Waals surface area contributed by atoms with Gasteiger partial charge in [-0.05, 0) is 12.8 Å². The molecule has 1 aromatic heterocycles. The predicted octanol–water partition coefficient (Wildman–Crippen LogP) is 1.77. The summed E-state index contributed by atoms with van der Waals surface area (Å²) in [5.74, 6) is 1.45. The van der Waals surface area contributed by atoms with Crippen molar-refractivity contribution < 1.29 is 9.69 Å². The molecule has 2 rings (SSSR count). The maximum Gasteiger partial charge on any atom is 0.230 e. The minimum Gasteiger partial charge on any atom is -0.352 e. The molecule has 0 spiro atoms. The third kappa shape index (κ3) is 5.31. The average molecular weight is 367 g/mol. The summed E-state index contributed by atoms with van der Waals surface area (Å²) in [5.41, 5.74) is 0. The molecule has 1 amide bonds. The third-order valence-corrected chi connectivity index (χ3v) is 5.77. The summed E-state index contributed by atoms with van der Waals surface area (Å²) >= 11 is 1.49. The second-order valence-electron chi connectivity index (χ2n) is 6.92. The number of nitrogens with zero attached hydrogens (tertiary/aromatic N) is 3. The monoisotopic (exact) mass is 366 g/mol. The fraction of sp³-hybridized carbons (Fsp3) is 0.722. The Labute approximate surface area is 155 Å². The van der Waals surface area contributed by atoms with Crippen LogP contribution in [-0.2, 0) is 4.79 Å². The topological polar surface area (TPSA) is 64.2 Å². The van der Waals surface area contributed by atoms with Crippen LogP contribution in [0.1, 0.15) is 63.4 Å². The van der Waals surface area contributed by atoms with E-state index >= 15 is 0 Å². The summed E-state index contributed by atoms with van der Waals surface area (Å²) in [7, 11) is 4.34. The Hall–Kier alpha value is -1.34. The number of rotatable bonds is 9. The van der Waals surface area contributed by atoms with Gasteiger partial charge in [0, 0.05) is 19.0 Å². The molecule has 0 saturated heterocycles. The normalized spacial score (nSPS) is 16.8. The highest BCUT2D eigenvalue weighted by molar-refractivity contribution is 7.99. The first kappa shape index (κ1) is 20.0. The van der Waals surface area contributed by atoms with Crippen LogP contribution in [0.2, 0.25) is 0 Å². The molecule has 0 aliphatic heterocycles. The zero-order valence-electron chi connectivity index (χ0n) is 15.8. The van der Waals surface area contributed by atoms with E-state index in [1.54, 1.807) is 6.08 Å². The van der Waals surface area contributed by atoms with E-state index in [2.05, 4.69) is 47.7 Å². The van der Waals surface area contributed by atoms with Gasteiger partial charge in [-0.1, -0.05) is 44.0 Å². The minimum atomic E-state index is 0.00919. The van der Waals surface area contributed by atoms with Gasteiger partial charge in [0.25, 0.3) is 0 Å². The van der Waals surface area contributed by atoms with Crippen LogP contribution in [0.25, 0.3) is 0 Å². The lowest BCUT2D eigenvalue weighted by molar-refractivity contribution is -0.893. The number of amides is 1. The number of hydrogen-bond donors (Lipinski definition) is 2. The van der Waals surface area contributed by atoms with E-state index in [9.17, 15) is 4.79 Å². The van der Waals surface area contributed by atoms with Crippen molar-refractivity contribution in [3.05, 3.63) is 18.5 Å². The fourth-order valence-corrected chi connectivity index (χ4v) is 4.37. The van der Waals surface area contributed by atoms with Crippen LogP contribution in [-0.4, -0.2) is 47.1 Å². The summed E-state index contributed by atoms with van der Waals surface area (Å²) in [6.45, 7) is 6.33. The number of hydrogen-bond acceptors (Lipinski definition) is 4. The molecule has 6 nitrogen and oxygen atoms in total. The first-order valence-corrected chi connectivity index (χ1v) is 10.3. The van der Waals surface area contributed by atoms with Crippen LogP contribution in [0.4, 0.5) is 0 Å². The van der Waals surface area contributed by atoms with Gasteiger partial charge in [-0.2, -0.15) is 0 Å². The molecular formula is C18H32N5OS+. The van der Waals surface area contributed by atoms with Crippen molar-refractivity contribution in [3.8, 4) is 0 Å². The summed E-state index contributed by atoms with van der Waals surface area (Å²) in [6.07, 6.45) is 8.92. The van der Waals surface area contributed by atoms with Crippen LogP contribution < -0.4 is 10.2 Å². The maximum atomic E-state index is 11.9. The first-order valence-electron chi connectivity index (χ1n) is 9.33. The van der Waals surface area contributed by atoms with Gasteiger partial charge < -0.3 is 10.2 Å². The van der Waals surface area contributed by atoms with Gasteiger partial charge in [0.2, 0.25) is 5.91 Å². The Morgan fingerprint density at radius 3 is 2.72 bits per heavy atom. The molecular weight excluding hydrogens is 334 g/mol. The zero-order chi connectivity index (χ0) is 18.2. The van der Waals surface area contributed by atoms with E-state index in [0.717, 1.165) is 17.4 Å². The van der Waals surface area contributed by atoms with Crippen molar-refractivity contribution in [2.45, 2.75) is 62.7 Å². The highest BCUT2D eigenvalue weighted by Gasteiger charge is 2.29. The molecule has 7 heteroatoms. The minimum absolute atomic E-state index is 0.00919. The van der Waals surface area contributed by atoms with Crippen molar-refractivity contribution >= 4 is 17.7 Å². The van der Waals surface area contributed by atoms with Crippen LogP contribution in [0.5, 0.6) is 0 Å². The van der Waals surface area contributed by atoms with Crippen molar-refractivity contribution in [2.24, 2.45) is 0 Å². The molecule has 140 valence electrons. The predicted molar refractivity (Wildman–Crippen MR) is 102 cm³/mol. The smallest absolute Gasteiger partial charge is 0.230 e. The van der Waals surface area contributed by atoms with Crippen molar-refractivity contribution in [1.82, 2.24) is 20.1 Å². The Bertz CT molecular complexity index is 566. The molecule has 0 bridgehead atoms. The maximum absolute atomic E-state index is 11.9. The standard InChI is InChI=1S/C18H31N5OS/c1-5-12-19-16(24)13-25-18-21-20-17(15(6-2)22(3)4)23(18)14-10-8-7-9-11-14/h5,14-15H,1,6-13H2,2-4H3,(H,19,24)/p+1/t15-/m1/s1. The quantitative estimate of drug-likeness (QED) is 0.516. The van der Waals surface area contributed by atoms with Crippen LogP contribution >= 0.6 is 11.8 Å². The zero-order valence-corrected chi connectivity index (χ0v) is 16.6. The van der Waals surface area contributed by atoms with Crippen LogP contribution in [0.15, 0.2) is 17.8 Å². The molecule has 0 unspecified atom stereocenters. The number of quaternary nitrogens is 1. The first-order chi connectivity index (χ1) is 12.1. The Morgan fingerprint density at radius 2 is 2.12 bits per heavy atom. The molecule has 2 N–H and O–H groups in total. The molecule has 1 fully saturated rings. The Morgan fingerprint density at radius 1 is 1.40 bits per heavy atom. The molecule has 1 heterocycles. The second kappa shape index (κ2) is 9.97. The lowest BCUT2D eigenvalue weighted by Gasteiger charge is -2.28. The van der Waals surface area contributed by atoms with Crippen molar-refractivity contribution in [1.29, 1.82) is 0 Å². The second-order valence-corrected chi connectivity index (χ2v) is 7.86.